The van der Waals surface area contributed by atoms with E-state index < -0.39 is 40.1 Å². The highest BCUT2D eigenvalue weighted by Crippen LogP contribution is 2.68. The van der Waals surface area contributed by atoms with E-state index in [0.29, 0.717) is 54.6 Å². The minimum Gasteiger partial charge on any atom is -0.460 e. The van der Waals surface area contributed by atoms with Crippen LogP contribution in [-0.2, 0) is 28.9 Å². The normalized spacial score (nSPS) is 46.9. The highest BCUT2D eigenvalue weighted by Gasteiger charge is 2.63. The van der Waals surface area contributed by atoms with Crippen molar-refractivity contribution >= 4 is 16.4 Å². The SMILES string of the molecule is CC(=O)O[C@@H]1C[C@@]2(C)C(CC=C3[C@@H]4CC[C@H]([C@H](C)[C@@H]5O[C@H]5[C@H](C)C(C)C)[C@@]4(C)CC[C@@H]32)[C@H](OS(=O)(=O)O)[C@H]1O. The Bertz CT molecular complexity index is 1100. The van der Waals surface area contributed by atoms with Crippen LogP contribution in [0.15, 0.2) is 11.6 Å². The second-order valence-corrected chi connectivity index (χ2v) is 15.3. The lowest BCUT2D eigenvalue weighted by Crippen LogP contribution is -2.61. The van der Waals surface area contributed by atoms with Gasteiger partial charge in [0, 0.05) is 6.92 Å². The molecular formula is C30H48O8S. The van der Waals surface area contributed by atoms with Crippen molar-refractivity contribution in [1.29, 1.82) is 0 Å². The average Bonchev–Trinajstić information content (AvgIpc) is 3.54. The minimum atomic E-state index is -4.81. The highest BCUT2D eigenvalue weighted by molar-refractivity contribution is 7.80. The van der Waals surface area contributed by atoms with Crippen molar-refractivity contribution in [1.82, 2.24) is 0 Å². The van der Waals surface area contributed by atoms with E-state index in [-0.39, 0.29) is 17.3 Å². The number of hydrogen-bond donors (Lipinski definition) is 2. The zero-order chi connectivity index (χ0) is 28.7. The number of aliphatic hydroxyl groups is 1. The molecule has 1 unspecified atom stereocenters. The molecule has 2 N–H and O–H groups in total. The van der Waals surface area contributed by atoms with Crippen LogP contribution in [0, 0.1) is 52.3 Å². The molecular weight excluding hydrogens is 520 g/mol. The summed E-state index contributed by atoms with van der Waals surface area (Å²) in [5, 5.41) is 11.0. The van der Waals surface area contributed by atoms with Gasteiger partial charge in [0.05, 0.1) is 12.2 Å². The Morgan fingerprint density at radius 2 is 1.74 bits per heavy atom. The third-order valence-corrected chi connectivity index (χ3v) is 12.5. The first-order chi connectivity index (χ1) is 18.1. The predicted molar refractivity (Wildman–Crippen MR) is 146 cm³/mol. The molecule has 8 nitrogen and oxygen atoms in total. The smallest absolute Gasteiger partial charge is 0.397 e. The molecule has 1 aliphatic heterocycles. The molecule has 39 heavy (non-hydrogen) atoms. The molecule has 4 fully saturated rings. The predicted octanol–water partition coefficient (Wildman–Crippen LogP) is 4.96. The summed E-state index contributed by atoms with van der Waals surface area (Å²) in [6, 6.07) is 0. The highest BCUT2D eigenvalue weighted by atomic mass is 32.3. The number of esters is 1. The Hall–Kier alpha value is -1.00. The number of carbonyl (C=O) groups is 1. The number of hydrogen-bond acceptors (Lipinski definition) is 7. The molecule has 4 aliphatic carbocycles. The number of aliphatic hydroxyl groups excluding tert-OH is 1. The number of allylic oxidation sites excluding steroid dienone is 2. The van der Waals surface area contributed by atoms with Gasteiger partial charge in [-0.25, -0.2) is 4.18 Å². The van der Waals surface area contributed by atoms with Crippen molar-refractivity contribution in [3.63, 3.8) is 0 Å². The van der Waals surface area contributed by atoms with Crippen molar-refractivity contribution in [2.24, 2.45) is 52.3 Å². The van der Waals surface area contributed by atoms with E-state index in [1.54, 1.807) is 0 Å². The van der Waals surface area contributed by atoms with Crippen molar-refractivity contribution in [2.75, 3.05) is 0 Å². The lowest BCUT2D eigenvalue weighted by Gasteiger charge is -2.59. The third-order valence-electron chi connectivity index (χ3n) is 12.0. The Morgan fingerprint density at radius 1 is 1.08 bits per heavy atom. The van der Waals surface area contributed by atoms with E-state index in [4.69, 9.17) is 13.7 Å². The summed E-state index contributed by atoms with van der Waals surface area (Å²) < 4.78 is 50.0. The maximum absolute atomic E-state index is 11.9. The minimum absolute atomic E-state index is 0.173. The fraction of sp³-hybridized carbons (Fsp3) is 0.900. The topological polar surface area (TPSA) is 123 Å². The lowest BCUT2D eigenvalue weighted by atomic mass is 9.47. The fourth-order valence-electron chi connectivity index (χ4n) is 9.67. The number of ether oxygens (including phenoxy) is 2. The van der Waals surface area contributed by atoms with Gasteiger partial charge in [0.2, 0.25) is 0 Å². The largest absolute Gasteiger partial charge is 0.460 e. The van der Waals surface area contributed by atoms with Crippen molar-refractivity contribution < 1.29 is 36.5 Å². The van der Waals surface area contributed by atoms with Crippen molar-refractivity contribution in [2.45, 2.75) is 118 Å². The first-order valence-electron chi connectivity index (χ1n) is 14.9. The zero-order valence-corrected chi connectivity index (χ0v) is 25.3. The average molecular weight is 569 g/mol. The van der Waals surface area contributed by atoms with Crippen molar-refractivity contribution in [3.8, 4) is 0 Å². The monoisotopic (exact) mass is 568 g/mol. The third kappa shape index (κ3) is 5.02. The second-order valence-electron chi connectivity index (χ2n) is 14.2. The fourth-order valence-corrected chi connectivity index (χ4v) is 10.2. The van der Waals surface area contributed by atoms with Crippen LogP contribution in [0.1, 0.15) is 87.0 Å². The Morgan fingerprint density at radius 3 is 2.36 bits per heavy atom. The van der Waals surface area contributed by atoms with Gasteiger partial charge in [-0.1, -0.05) is 53.2 Å². The Balaban J connectivity index is 1.41. The van der Waals surface area contributed by atoms with Crippen LogP contribution in [0.2, 0.25) is 0 Å². The lowest BCUT2D eigenvalue weighted by molar-refractivity contribution is -0.189. The molecule has 0 aromatic rings. The van der Waals surface area contributed by atoms with Gasteiger partial charge in [-0.15, -0.1) is 0 Å². The number of epoxide rings is 1. The second kappa shape index (κ2) is 10.1. The zero-order valence-electron chi connectivity index (χ0n) is 24.5. The molecule has 5 aliphatic rings. The van der Waals surface area contributed by atoms with Gasteiger partial charge in [0.1, 0.15) is 18.3 Å². The van der Waals surface area contributed by atoms with Gasteiger partial charge in [-0.05, 0) is 90.8 Å². The van der Waals surface area contributed by atoms with E-state index in [2.05, 4.69) is 47.6 Å². The van der Waals surface area contributed by atoms with Crippen LogP contribution >= 0.6 is 0 Å². The molecule has 1 heterocycles. The standard InChI is InChI=1S/C30H48O8S/c1-15(2)16(3)26-27(37-26)17(4)20-10-11-21-19-8-9-23-28(38-39(33,34)35)25(32)24(36-18(5)31)14-30(23,7)22(19)12-13-29(20,21)6/h8,15-17,20-28,32H,9-14H2,1-7H3,(H,33,34,35)/t16-,17+,20-,21+,22+,23?,24-,25+,26+,27+,28+,29-,30-/m1/s1. The summed E-state index contributed by atoms with van der Waals surface area (Å²) in [6.45, 7) is 15.1. The summed E-state index contributed by atoms with van der Waals surface area (Å²) in [6.07, 6.45) is 4.88. The summed E-state index contributed by atoms with van der Waals surface area (Å²) in [5.41, 5.74) is 1.18. The van der Waals surface area contributed by atoms with Gasteiger partial charge >= 0.3 is 16.4 Å². The van der Waals surface area contributed by atoms with Gasteiger partial charge < -0.3 is 14.6 Å². The maximum atomic E-state index is 11.9. The summed E-state index contributed by atoms with van der Waals surface area (Å²) >= 11 is 0. The molecule has 1 saturated heterocycles. The van der Waals surface area contributed by atoms with E-state index in [1.807, 2.05) is 0 Å². The summed E-state index contributed by atoms with van der Waals surface area (Å²) in [5.74, 6) is 2.01. The Labute approximate surface area is 234 Å². The summed E-state index contributed by atoms with van der Waals surface area (Å²) in [4.78, 5) is 11.9. The molecule has 0 aromatic carbocycles. The van der Waals surface area contributed by atoms with Gasteiger partial charge in [0.15, 0.2) is 0 Å². The van der Waals surface area contributed by atoms with Crippen molar-refractivity contribution in [3.05, 3.63) is 11.6 Å². The van der Waals surface area contributed by atoms with Crippen LogP contribution in [0.4, 0.5) is 0 Å². The van der Waals surface area contributed by atoms with Crippen LogP contribution in [0.25, 0.3) is 0 Å². The molecule has 0 radical (unpaired) electrons. The number of rotatable bonds is 7. The van der Waals surface area contributed by atoms with E-state index in [9.17, 15) is 22.9 Å². The van der Waals surface area contributed by atoms with Gasteiger partial charge in [-0.2, -0.15) is 8.42 Å². The molecule has 13 atom stereocenters. The number of carbonyl (C=O) groups excluding carboxylic acids is 1. The Kier molecular flexibility index (Phi) is 7.62. The first-order valence-corrected chi connectivity index (χ1v) is 16.3. The molecule has 222 valence electrons. The van der Waals surface area contributed by atoms with Gasteiger partial charge in [-0.3, -0.25) is 9.35 Å². The molecule has 3 saturated carbocycles. The van der Waals surface area contributed by atoms with Crippen LogP contribution in [0.3, 0.4) is 0 Å². The molecule has 0 aromatic heterocycles. The van der Waals surface area contributed by atoms with Gasteiger partial charge in [0.25, 0.3) is 0 Å². The van der Waals surface area contributed by atoms with Crippen LogP contribution in [0.5, 0.6) is 0 Å². The molecule has 0 spiro atoms. The molecule has 9 heteroatoms. The molecule has 5 rings (SSSR count). The quantitative estimate of drug-likeness (QED) is 0.191. The van der Waals surface area contributed by atoms with Crippen LogP contribution < -0.4 is 0 Å². The molecule has 0 amide bonds. The summed E-state index contributed by atoms with van der Waals surface area (Å²) in [7, 11) is -4.81. The van der Waals surface area contributed by atoms with E-state index in [1.165, 1.54) is 18.9 Å². The van der Waals surface area contributed by atoms with Crippen LogP contribution in [-0.4, -0.2) is 54.6 Å². The van der Waals surface area contributed by atoms with E-state index >= 15 is 0 Å². The van der Waals surface area contributed by atoms with E-state index in [0.717, 1.165) is 19.3 Å². The number of fused-ring (bicyclic) bond motifs is 5. The first kappa shape index (κ1) is 29.5. The maximum Gasteiger partial charge on any atom is 0.397 e. The molecule has 0 bridgehead atoms.